The van der Waals surface area contributed by atoms with Gasteiger partial charge in [-0.15, -0.1) is 0 Å². The summed E-state index contributed by atoms with van der Waals surface area (Å²) in [6, 6.07) is 0.269. The molecule has 1 amide bonds. The fraction of sp³-hybridized carbons (Fsp3) is 0.688. The van der Waals surface area contributed by atoms with Gasteiger partial charge in [0.25, 0.3) is 5.91 Å². The number of nitrogens with one attached hydrogen (secondary N) is 1. The zero-order valence-corrected chi connectivity index (χ0v) is 13.1. The van der Waals surface area contributed by atoms with Gasteiger partial charge in [-0.3, -0.25) is 14.3 Å². The summed E-state index contributed by atoms with van der Waals surface area (Å²) in [5.41, 5.74) is 0.901. The minimum Gasteiger partial charge on any atom is -0.481 e. The Hall–Kier alpha value is -1.85. The number of aromatic nitrogens is 2. The highest BCUT2D eigenvalue weighted by Gasteiger charge is 2.50. The molecule has 1 unspecified atom stereocenters. The topological polar surface area (TPSA) is 84.2 Å². The Morgan fingerprint density at radius 3 is 2.68 bits per heavy atom. The zero-order valence-electron chi connectivity index (χ0n) is 13.1. The van der Waals surface area contributed by atoms with Crippen LogP contribution < -0.4 is 5.32 Å². The van der Waals surface area contributed by atoms with Crippen molar-refractivity contribution in [3.05, 3.63) is 17.5 Å². The molecule has 1 aromatic rings. The molecule has 0 bridgehead atoms. The van der Waals surface area contributed by atoms with E-state index in [0.29, 0.717) is 24.3 Å². The summed E-state index contributed by atoms with van der Waals surface area (Å²) in [5.74, 6) is -0.582. The van der Waals surface area contributed by atoms with Crippen molar-refractivity contribution < 1.29 is 14.7 Å². The van der Waals surface area contributed by atoms with E-state index >= 15 is 0 Å². The molecule has 2 N–H and O–H groups in total. The molecule has 2 fully saturated rings. The molecule has 0 aromatic carbocycles. The minimum absolute atomic E-state index is 0.191. The standard InChI is InChI=1S/C16H23N3O3/c1-3-10(2)19-13(11-4-5-11)12(8-18-19)14(20)17-9-16(6-7-16)15(21)22/h8,10-11H,3-7,9H2,1-2H3,(H,17,20)(H,21,22). The van der Waals surface area contributed by atoms with E-state index in [9.17, 15) is 14.7 Å². The maximum Gasteiger partial charge on any atom is 0.311 e. The zero-order chi connectivity index (χ0) is 15.9. The first kappa shape index (κ1) is 15.1. The third kappa shape index (κ3) is 2.62. The number of hydrogen-bond acceptors (Lipinski definition) is 3. The van der Waals surface area contributed by atoms with E-state index in [1.54, 1.807) is 6.20 Å². The Balaban J connectivity index is 1.75. The van der Waals surface area contributed by atoms with E-state index in [4.69, 9.17) is 0 Å². The highest BCUT2D eigenvalue weighted by Crippen LogP contribution is 2.45. The van der Waals surface area contributed by atoms with Gasteiger partial charge in [-0.25, -0.2) is 0 Å². The van der Waals surface area contributed by atoms with Crippen LogP contribution in [0, 0.1) is 5.41 Å². The Labute approximate surface area is 129 Å². The number of carbonyl (C=O) groups excluding carboxylic acids is 1. The molecule has 120 valence electrons. The Morgan fingerprint density at radius 2 is 2.18 bits per heavy atom. The van der Waals surface area contributed by atoms with Gasteiger partial charge in [0.1, 0.15) is 0 Å². The molecular weight excluding hydrogens is 282 g/mol. The lowest BCUT2D eigenvalue weighted by Gasteiger charge is -2.15. The van der Waals surface area contributed by atoms with Gasteiger partial charge in [-0.1, -0.05) is 6.92 Å². The predicted octanol–water partition coefficient (Wildman–Crippen LogP) is 2.33. The van der Waals surface area contributed by atoms with Crippen LogP contribution in [0.25, 0.3) is 0 Å². The van der Waals surface area contributed by atoms with E-state index in [1.165, 1.54) is 0 Å². The molecule has 2 aliphatic rings. The van der Waals surface area contributed by atoms with Gasteiger partial charge in [0.05, 0.1) is 22.9 Å². The number of hydrogen-bond donors (Lipinski definition) is 2. The minimum atomic E-state index is -0.814. The lowest BCUT2D eigenvalue weighted by molar-refractivity contribution is -0.143. The highest BCUT2D eigenvalue weighted by molar-refractivity contribution is 5.96. The number of amides is 1. The van der Waals surface area contributed by atoms with Crippen molar-refractivity contribution in [3.63, 3.8) is 0 Å². The Bertz CT molecular complexity index is 600. The SMILES string of the molecule is CCC(C)n1ncc(C(=O)NCC2(C(=O)O)CC2)c1C1CC1. The molecule has 22 heavy (non-hydrogen) atoms. The van der Waals surface area contributed by atoms with Gasteiger partial charge >= 0.3 is 5.97 Å². The number of rotatable bonds is 7. The van der Waals surface area contributed by atoms with Crippen LogP contribution in [0.15, 0.2) is 6.20 Å². The average Bonchev–Trinajstić information content (AvgIpc) is 3.42. The molecule has 0 spiro atoms. The van der Waals surface area contributed by atoms with Crippen LogP contribution in [0.2, 0.25) is 0 Å². The summed E-state index contributed by atoms with van der Waals surface area (Å²) in [4.78, 5) is 23.6. The number of carbonyl (C=O) groups is 2. The van der Waals surface area contributed by atoms with E-state index in [0.717, 1.165) is 25.0 Å². The number of nitrogens with zero attached hydrogens (tertiary/aromatic N) is 2. The Morgan fingerprint density at radius 1 is 1.50 bits per heavy atom. The molecular formula is C16H23N3O3. The predicted molar refractivity (Wildman–Crippen MR) is 80.8 cm³/mol. The first-order valence-electron chi connectivity index (χ1n) is 8.07. The summed E-state index contributed by atoms with van der Waals surface area (Å²) in [7, 11) is 0. The van der Waals surface area contributed by atoms with Gasteiger partial charge in [-0.05, 0) is 39.0 Å². The first-order chi connectivity index (χ1) is 10.5. The molecule has 2 saturated carbocycles. The molecule has 1 aromatic heterocycles. The van der Waals surface area contributed by atoms with Gasteiger partial charge in [0, 0.05) is 18.5 Å². The highest BCUT2D eigenvalue weighted by atomic mass is 16.4. The fourth-order valence-corrected chi connectivity index (χ4v) is 2.80. The lowest BCUT2D eigenvalue weighted by atomic mass is 10.1. The molecule has 1 atom stereocenters. The molecule has 2 aliphatic carbocycles. The summed E-state index contributed by atoms with van der Waals surface area (Å²) in [6.45, 7) is 4.41. The van der Waals surface area contributed by atoms with Crippen LogP contribution in [0.5, 0.6) is 0 Å². The van der Waals surface area contributed by atoms with Crippen LogP contribution in [0.3, 0.4) is 0 Å². The molecule has 6 heteroatoms. The monoisotopic (exact) mass is 305 g/mol. The van der Waals surface area contributed by atoms with Crippen molar-refractivity contribution in [2.45, 2.75) is 57.9 Å². The average molecular weight is 305 g/mol. The van der Waals surface area contributed by atoms with Gasteiger partial charge < -0.3 is 10.4 Å². The van der Waals surface area contributed by atoms with E-state index in [-0.39, 0.29) is 18.5 Å². The molecule has 1 heterocycles. The summed E-state index contributed by atoms with van der Waals surface area (Å²) >= 11 is 0. The maximum atomic E-state index is 12.5. The van der Waals surface area contributed by atoms with Crippen molar-refractivity contribution in [2.75, 3.05) is 6.54 Å². The van der Waals surface area contributed by atoms with Crippen molar-refractivity contribution in [2.24, 2.45) is 5.41 Å². The first-order valence-corrected chi connectivity index (χ1v) is 8.07. The molecule has 0 radical (unpaired) electrons. The molecule has 6 nitrogen and oxygen atoms in total. The van der Waals surface area contributed by atoms with Crippen molar-refractivity contribution in [1.82, 2.24) is 15.1 Å². The second-order valence-electron chi connectivity index (χ2n) is 6.69. The second-order valence-corrected chi connectivity index (χ2v) is 6.69. The van der Waals surface area contributed by atoms with Gasteiger partial charge in [0.2, 0.25) is 0 Å². The molecule has 0 aliphatic heterocycles. The Kier molecular flexibility index (Phi) is 3.70. The van der Waals surface area contributed by atoms with Crippen molar-refractivity contribution in [1.29, 1.82) is 0 Å². The van der Waals surface area contributed by atoms with Crippen LogP contribution in [-0.4, -0.2) is 33.3 Å². The molecule has 3 rings (SSSR count). The summed E-state index contributed by atoms with van der Waals surface area (Å²) in [5, 5.41) is 16.4. The normalized spacial score (nSPS) is 20.5. The van der Waals surface area contributed by atoms with E-state index in [1.807, 2.05) is 4.68 Å². The quantitative estimate of drug-likeness (QED) is 0.809. The second kappa shape index (κ2) is 5.41. The summed E-state index contributed by atoms with van der Waals surface area (Å²) < 4.78 is 1.97. The third-order valence-electron chi connectivity index (χ3n) is 4.95. The third-order valence-corrected chi connectivity index (χ3v) is 4.95. The van der Waals surface area contributed by atoms with Crippen LogP contribution in [-0.2, 0) is 4.79 Å². The van der Waals surface area contributed by atoms with Crippen molar-refractivity contribution in [3.8, 4) is 0 Å². The van der Waals surface area contributed by atoms with Crippen LogP contribution >= 0.6 is 0 Å². The number of carboxylic acid groups (broad SMARTS) is 1. The maximum absolute atomic E-state index is 12.5. The van der Waals surface area contributed by atoms with Gasteiger partial charge in [-0.2, -0.15) is 5.10 Å². The number of carboxylic acids is 1. The summed E-state index contributed by atoms with van der Waals surface area (Å²) in [6.07, 6.45) is 6.08. The fourth-order valence-electron chi connectivity index (χ4n) is 2.80. The molecule has 0 saturated heterocycles. The smallest absolute Gasteiger partial charge is 0.311 e. The van der Waals surface area contributed by atoms with Gasteiger partial charge in [0.15, 0.2) is 0 Å². The van der Waals surface area contributed by atoms with E-state index < -0.39 is 11.4 Å². The lowest BCUT2D eigenvalue weighted by Crippen LogP contribution is -2.34. The van der Waals surface area contributed by atoms with Crippen LogP contribution in [0.4, 0.5) is 0 Å². The number of aliphatic carboxylic acids is 1. The van der Waals surface area contributed by atoms with Crippen LogP contribution in [0.1, 0.15) is 74.0 Å². The van der Waals surface area contributed by atoms with Crippen molar-refractivity contribution >= 4 is 11.9 Å². The largest absolute Gasteiger partial charge is 0.481 e. The van der Waals surface area contributed by atoms with E-state index in [2.05, 4.69) is 24.3 Å².